The van der Waals surface area contributed by atoms with Crippen LogP contribution >= 0.6 is 46.3 Å². The van der Waals surface area contributed by atoms with Crippen molar-refractivity contribution in [1.29, 1.82) is 0 Å². The Morgan fingerprint density at radius 3 is 2.95 bits per heavy atom. The number of thiazole rings is 1. The molecular formula is C13H9Cl2NO2S2. The van der Waals surface area contributed by atoms with Gasteiger partial charge in [-0.05, 0) is 18.2 Å². The third-order valence-electron chi connectivity index (χ3n) is 2.82. The number of halogens is 2. The molecule has 0 radical (unpaired) electrons. The summed E-state index contributed by atoms with van der Waals surface area (Å²) in [5.41, 5.74) is 1.64. The van der Waals surface area contributed by atoms with Crippen molar-refractivity contribution >= 4 is 52.3 Å². The van der Waals surface area contributed by atoms with Gasteiger partial charge in [0, 0.05) is 22.4 Å². The van der Waals surface area contributed by atoms with Gasteiger partial charge >= 0.3 is 5.97 Å². The highest BCUT2D eigenvalue weighted by molar-refractivity contribution is 8.02. The number of carbonyl (C=O) groups is 1. The first-order chi connectivity index (χ1) is 9.63. The molecule has 0 amide bonds. The van der Waals surface area contributed by atoms with E-state index in [-0.39, 0.29) is 11.2 Å². The highest BCUT2D eigenvalue weighted by Crippen LogP contribution is 2.36. The van der Waals surface area contributed by atoms with E-state index in [0.29, 0.717) is 16.7 Å². The van der Waals surface area contributed by atoms with E-state index in [1.54, 1.807) is 12.1 Å². The fraction of sp³-hybridized carbons (Fsp3) is 0.231. The van der Waals surface area contributed by atoms with Gasteiger partial charge in [0.1, 0.15) is 5.25 Å². The van der Waals surface area contributed by atoms with Crippen molar-refractivity contribution in [1.82, 2.24) is 4.98 Å². The molecule has 1 saturated heterocycles. The molecule has 1 aromatic carbocycles. The molecular weight excluding hydrogens is 337 g/mol. The van der Waals surface area contributed by atoms with Crippen LogP contribution in [-0.4, -0.2) is 22.8 Å². The maximum absolute atomic E-state index is 11.4. The Bertz CT molecular complexity index is 660. The van der Waals surface area contributed by atoms with Crippen LogP contribution in [0.3, 0.4) is 0 Å². The summed E-state index contributed by atoms with van der Waals surface area (Å²) in [5, 5.41) is 2.95. The lowest BCUT2D eigenvalue weighted by Gasteiger charge is -2.02. The number of nitrogens with zero attached hydrogens (tertiary/aromatic N) is 1. The fourth-order valence-electron chi connectivity index (χ4n) is 1.84. The summed E-state index contributed by atoms with van der Waals surface area (Å²) in [6.45, 7) is 0.498. The van der Waals surface area contributed by atoms with E-state index in [9.17, 15) is 4.79 Å². The number of aromatic nitrogens is 1. The first-order valence-electron chi connectivity index (χ1n) is 5.88. The van der Waals surface area contributed by atoms with E-state index < -0.39 is 0 Å². The van der Waals surface area contributed by atoms with Crippen LogP contribution in [-0.2, 0) is 9.53 Å². The molecule has 0 bridgehead atoms. The summed E-state index contributed by atoms with van der Waals surface area (Å²) in [5.74, 6) is -0.156. The Balaban J connectivity index is 1.81. The molecule has 1 atom stereocenters. The zero-order valence-corrected chi connectivity index (χ0v) is 13.3. The van der Waals surface area contributed by atoms with Gasteiger partial charge in [0.15, 0.2) is 4.34 Å². The summed E-state index contributed by atoms with van der Waals surface area (Å²) < 4.78 is 5.79. The van der Waals surface area contributed by atoms with Crippen LogP contribution < -0.4 is 0 Å². The lowest BCUT2D eigenvalue weighted by molar-refractivity contribution is -0.137. The number of cyclic esters (lactones) is 1. The number of esters is 1. The molecule has 1 aromatic heterocycles. The SMILES string of the molecule is O=C1OCC[C@H]1Sc1nc(-c2ccc(Cl)cc2Cl)cs1. The lowest BCUT2D eigenvalue weighted by atomic mass is 10.2. The van der Waals surface area contributed by atoms with E-state index in [4.69, 9.17) is 27.9 Å². The second kappa shape index (κ2) is 5.93. The molecule has 3 nitrogen and oxygen atoms in total. The van der Waals surface area contributed by atoms with E-state index in [0.717, 1.165) is 22.0 Å². The maximum atomic E-state index is 11.4. The number of rotatable bonds is 3. The molecule has 7 heteroatoms. The van der Waals surface area contributed by atoms with Gasteiger partial charge in [-0.2, -0.15) is 0 Å². The molecule has 104 valence electrons. The smallest absolute Gasteiger partial charge is 0.319 e. The molecule has 1 aliphatic heterocycles. The molecule has 2 heterocycles. The maximum Gasteiger partial charge on any atom is 0.319 e. The zero-order chi connectivity index (χ0) is 14.1. The van der Waals surface area contributed by atoms with Gasteiger partial charge in [-0.3, -0.25) is 4.79 Å². The van der Waals surface area contributed by atoms with Gasteiger partial charge in [-0.15, -0.1) is 11.3 Å². The predicted octanol–water partition coefficient (Wildman–Crippen LogP) is 4.52. The van der Waals surface area contributed by atoms with E-state index in [1.807, 2.05) is 11.4 Å². The fourth-order valence-corrected chi connectivity index (χ4v) is 4.37. The molecule has 2 aromatic rings. The Morgan fingerprint density at radius 1 is 1.40 bits per heavy atom. The standard InChI is InChI=1S/C13H9Cl2NO2S2/c14-7-1-2-8(9(15)5-7)10-6-19-13(16-10)20-11-3-4-18-12(11)17/h1-2,5-6,11H,3-4H2/t11-/m1/s1. The monoisotopic (exact) mass is 345 g/mol. The molecule has 0 unspecified atom stereocenters. The number of thioether (sulfide) groups is 1. The van der Waals surface area contributed by atoms with Gasteiger partial charge in [0.05, 0.1) is 17.3 Å². The van der Waals surface area contributed by atoms with Crippen LogP contribution in [0.2, 0.25) is 10.0 Å². The first kappa shape index (κ1) is 14.2. The minimum absolute atomic E-state index is 0.144. The van der Waals surface area contributed by atoms with Crippen LogP contribution in [0.5, 0.6) is 0 Å². The van der Waals surface area contributed by atoms with Crippen molar-refractivity contribution in [2.45, 2.75) is 16.0 Å². The summed E-state index contributed by atoms with van der Waals surface area (Å²) in [6, 6.07) is 5.32. The molecule has 0 spiro atoms. The van der Waals surface area contributed by atoms with Crippen LogP contribution in [0.15, 0.2) is 27.9 Å². The quantitative estimate of drug-likeness (QED) is 0.766. The molecule has 0 N–H and O–H groups in total. The van der Waals surface area contributed by atoms with Gasteiger partial charge in [-0.1, -0.05) is 35.0 Å². The van der Waals surface area contributed by atoms with Crippen molar-refractivity contribution in [3.63, 3.8) is 0 Å². The summed E-state index contributed by atoms with van der Waals surface area (Å²) in [4.78, 5) is 16.0. The van der Waals surface area contributed by atoms with Gasteiger partial charge < -0.3 is 4.74 Å². The Labute approximate surface area is 134 Å². The number of hydrogen-bond donors (Lipinski definition) is 0. The van der Waals surface area contributed by atoms with Crippen LogP contribution in [0.1, 0.15) is 6.42 Å². The number of hydrogen-bond acceptors (Lipinski definition) is 5. The average molecular weight is 346 g/mol. The Kier molecular flexibility index (Phi) is 4.21. The van der Waals surface area contributed by atoms with Crippen molar-refractivity contribution in [2.75, 3.05) is 6.61 Å². The molecule has 1 fully saturated rings. The normalized spacial score (nSPS) is 18.3. The average Bonchev–Trinajstić information content (AvgIpc) is 3.00. The van der Waals surface area contributed by atoms with Crippen LogP contribution in [0.25, 0.3) is 11.3 Å². The first-order valence-corrected chi connectivity index (χ1v) is 8.39. The summed E-state index contributed by atoms with van der Waals surface area (Å²) in [6.07, 6.45) is 0.736. The molecule has 1 aliphatic rings. The molecule has 20 heavy (non-hydrogen) atoms. The second-order valence-corrected chi connectivity index (χ2v) is 7.34. The highest BCUT2D eigenvalue weighted by atomic mass is 35.5. The van der Waals surface area contributed by atoms with Crippen LogP contribution in [0, 0.1) is 0 Å². The van der Waals surface area contributed by atoms with Crippen molar-refractivity contribution in [2.24, 2.45) is 0 Å². The third kappa shape index (κ3) is 2.96. The van der Waals surface area contributed by atoms with E-state index >= 15 is 0 Å². The van der Waals surface area contributed by atoms with Crippen LogP contribution in [0.4, 0.5) is 0 Å². The molecule has 3 rings (SSSR count). The van der Waals surface area contributed by atoms with E-state index in [2.05, 4.69) is 4.98 Å². The minimum Gasteiger partial charge on any atom is -0.465 e. The number of carbonyl (C=O) groups excluding carboxylic acids is 1. The van der Waals surface area contributed by atoms with E-state index in [1.165, 1.54) is 23.1 Å². The third-order valence-corrected chi connectivity index (χ3v) is 5.59. The predicted molar refractivity (Wildman–Crippen MR) is 82.8 cm³/mol. The zero-order valence-electron chi connectivity index (χ0n) is 10.1. The Hall–Kier alpha value is -0.750. The number of benzene rings is 1. The summed E-state index contributed by atoms with van der Waals surface area (Å²) >= 11 is 15.0. The highest BCUT2D eigenvalue weighted by Gasteiger charge is 2.28. The topological polar surface area (TPSA) is 39.2 Å². The van der Waals surface area contributed by atoms with Crippen molar-refractivity contribution in [3.8, 4) is 11.3 Å². The van der Waals surface area contributed by atoms with Gasteiger partial charge in [0.2, 0.25) is 0 Å². The minimum atomic E-state index is -0.156. The van der Waals surface area contributed by atoms with Crippen molar-refractivity contribution in [3.05, 3.63) is 33.6 Å². The lowest BCUT2D eigenvalue weighted by Crippen LogP contribution is -2.08. The molecule has 0 saturated carbocycles. The van der Waals surface area contributed by atoms with Gasteiger partial charge in [-0.25, -0.2) is 4.98 Å². The molecule has 0 aliphatic carbocycles. The number of ether oxygens (including phenoxy) is 1. The van der Waals surface area contributed by atoms with Crippen molar-refractivity contribution < 1.29 is 9.53 Å². The van der Waals surface area contributed by atoms with Gasteiger partial charge in [0.25, 0.3) is 0 Å². The Morgan fingerprint density at radius 2 is 2.25 bits per heavy atom. The second-order valence-electron chi connectivity index (χ2n) is 4.19. The summed E-state index contributed by atoms with van der Waals surface area (Å²) in [7, 11) is 0. The largest absolute Gasteiger partial charge is 0.465 e.